The summed E-state index contributed by atoms with van der Waals surface area (Å²) in [5, 5.41) is 8.96. The minimum atomic E-state index is -0.849. The van der Waals surface area contributed by atoms with Crippen molar-refractivity contribution in [3.63, 3.8) is 0 Å². The zero-order chi connectivity index (χ0) is 53.6. The molecule has 3 heterocycles. The van der Waals surface area contributed by atoms with Gasteiger partial charge in [0.05, 0.1) is 31.3 Å². The monoisotopic (exact) mass is 1030 g/mol. The number of hydrogen-bond acceptors (Lipinski definition) is 11. The minimum absolute atomic E-state index is 0.107. The molecule has 0 aliphatic carbocycles. The summed E-state index contributed by atoms with van der Waals surface area (Å²) in [6.45, 7) is 13.4. The lowest BCUT2D eigenvalue weighted by molar-refractivity contribution is -0.162. The fraction of sp³-hybridized carbons (Fsp3) is 0.467. The Labute approximate surface area is 442 Å². The topological polar surface area (TPSA) is 182 Å². The summed E-state index contributed by atoms with van der Waals surface area (Å²) in [5.74, 6) is -0.806. The second kappa shape index (κ2) is 26.4. The van der Waals surface area contributed by atoms with Crippen LogP contribution in [-0.2, 0) is 30.3 Å². The predicted molar refractivity (Wildman–Crippen MR) is 288 cm³/mol. The number of likely N-dealkylation sites (tertiary alicyclic amines) is 1. The van der Waals surface area contributed by atoms with Crippen molar-refractivity contribution < 1.29 is 47.7 Å². The number of allylic oxidation sites excluding steroid dienone is 1. The molecular weight excluding hydrogens is 951 g/mol. The van der Waals surface area contributed by atoms with E-state index in [1.165, 1.54) is 11.1 Å². The zero-order valence-corrected chi connectivity index (χ0v) is 44.6. The largest absolute Gasteiger partial charge is 0.493 e. The summed E-state index contributed by atoms with van der Waals surface area (Å²) < 4.78 is 23.5. The summed E-state index contributed by atoms with van der Waals surface area (Å²) in [6.07, 6.45) is 9.81. The Kier molecular flexibility index (Phi) is 19.5. The Morgan fingerprint density at radius 3 is 2.25 bits per heavy atom. The third kappa shape index (κ3) is 13.8. The number of hydrogen-bond donors (Lipinski definition) is 3. The van der Waals surface area contributed by atoms with Crippen molar-refractivity contribution >= 4 is 41.2 Å². The minimum Gasteiger partial charge on any atom is -0.493 e. The average Bonchev–Trinajstić information content (AvgIpc) is 3.67. The third-order valence-corrected chi connectivity index (χ3v) is 14.8. The van der Waals surface area contributed by atoms with E-state index >= 15 is 0 Å². The number of imide groups is 1. The normalized spacial score (nSPS) is 17.2. The van der Waals surface area contributed by atoms with Gasteiger partial charge in [-0.15, -0.1) is 0 Å². The smallest absolute Gasteiger partial charge is 0.329 e. The highest BCUT2D eigenvalue weighted by atomic mass is 16.5. The number of fused-ring (bicyclic) bond motifs is 1. The van der Waals surface area contributed by atoms with Gasteiger partial charge in [0.1, 0.15) is 23.9 Å². The molecule has 400 valence electrons. The second-order valence-electron chi connectivity index (χ2n) is 20.1. The molecular formula is C60H75N5O10. The number of ether oxygens (including phenoxy) is 4. The van der Waals surface area contributed by atoms with Crippen LogP contribution in [0, 0.1) is 20.8 Å². The standard InChI is InChI=1S/C60H75N5O10/c1-8-46(44-35-40(4)55(73-7)52(36-44)72-6)57(68)64-33-16-13-20-50(64)60(71)75-51(30-24-42-23-21-38(2)39(3)34-42)43-25-27-45(28-26-43)74-37-53(66)62-32-15-12-10-9-11-14-31-61-48-19-17-18-47-54(48)59(70)65(58(47)69)49-29-22-41(5)63-56(49)67/h17-19,21,23,25-28,34-36,46,49-51,61H,5,8-16,20,22,24,29-33,37H2,1-4,6-7H3,(H,62,66)(H,63,67)/t46-,49?,50-,51?/m0/s1. The van der Waals surface area contributed by atoms with Crippen LogP contribution in [0.1, 0.15) is 157 Å². The van der Waals surface area contributed by atoms with E-state index in [0.717, 1.165) is 78.5 Å². The van der Waals surface area contributed by atoms with Gasteiger partial charge in [-0.25, -0.2) is 4.79 Å². The quantitative estimate of drug-likeness (QED) is 0.0327. The van der Waals surface area contributed by atoms with Gasteiger partial charge in [0.25, 0.3) is 17.7 Å². The van der Waals surface area contributed by atoms with Crippen LogP contribution in [0.2, 0.25) is 0 Å². The Balaban J connectivity index is 0.854. The van der Waals surface area contributed by atoms with Crippen molar-refractivity contribution in [3.05, 3.63) is 130 Å². The Morgan fingerprint density at radius 2 is 1.55 bits per heavy atom. The molecule has 15 heteroatoms. The molecule has 2 saturated heterocycles. The molecule has 0 spiro atoms. The number of piperidine rings is 2. The molecule has 3 aliphatic heterocycles. The number of carbonyl (C=O) groups is 6. The fourth-order valence-electron chi connectivity index (χ4n) is 10.5. The summed E-state index contributed by atoms with van der Waals surface area (Å²) >= 11 is 0. The molecule has 3 N–H and O–H groups in total. The Morgan fingerprint density at radius 1 is 0.800 bits per heavy atom. The number of amides is 5. The molecule has 4 aromatic carbocycles. The van der Waals surface area contributed by atoms with E-state index in [1.807, 2.05) is 38.1 Å². The number of rotatable bonds is 25. The Hall–Kier alpha value is -7.16. The first-order chi connectivity index (χ1) is 36.2. The van der Waals surface area contributed by atoms with E-state index in [2.05, 4.69) is 54.6 Å². The van der Waals surface area contributed by atoms with Gasteiger partial charge in [0, 0.05) is 31.0 Å². The van der Waals surface area contributed by atoms with Crippen molar-refractivity contribution in [2.24, 2.45) is 0 Å². The maximum absolute atomic E-state index is 14.4. The van der Waals surface area contributed by atoms with Gasteiger partial charge < -0.3 is 39.8 Å². The van der Waals surface area contributed by atoms with E-state index in [4.69, 9.17) is 18.9 Å². The first kappa shape index (κ1) is 55.6. The number of carbonyl (C=O) groups excluding carboxylic acids is 6. The lowest BCUT2D eigenvalue weighted by atomic mass is 9.91. The van der Waals surface area contributed by atoms with Crippen molar-refractivity contribution in [2.45, 2.75) is 142 Å². The molecule has 7 rings (SSSR count). The van der Waals surface area contributed by atoms with E-state index in [9.17, 15) is 28.8 Å². The third-order valence-electron chi connectivity index (χ3n) is 14.8. The number of esters is 1. The molecule has 2 fully saturated rings. The van der Waals surface area contributed by atoms with Crippen LogP contribution in [0.5, 0.6) is 17.2 Å². The van der Waals surface area contributed by atoms with Crippen molar-refractivity contribution in [1.82, 2.24) is 20.4 Å². The lowest BCUT2D eigenvalue weighted by Gasteiger charge is -2.37. The molecule has 5 amide bonds. The Bertz CT molecular complexity index is 2720. The highest BCUT2D eigenvalue weighted by molar-refractivity contribution is 6.25. The van der Waals surface area contributed by atoms with Gasteiger partial charge >= 0.3 is 5.97 Å². The van der Waals surface area contributed by atoms with Crippen LogP contribution in [0.15, 0.2) is 85.1 Å². The maximum Gasteiger partial charge on any atom is 0.329 e. The molecule has 75 heavy (non-hydrogen) atoms. The molecule has 3 aliphatic rings. The number of nitrogens with zero attached hydrogens (tertiary/aromatic N) is 2. The first-order valence-corrected chi connectivity index (χ1v) is 26.7. The number of methoxy groups -OCH3 is 2. The number of nitrogens with one attached hydrogen (secondary N) is 3. The SMILES string of the molecule is C=C1CCC(N2C(=O)c3cccc(NCCCCCCCCNC(=O)COc4ccc(C(CCc5ccc(C)c(C)c5)OC(=O)[C@@H]5CCCCN5C(=O)[C@@H](CC)c5cc(C)c(OC)c(OC)c5)cc4)c3C2=O)C(=O)N1. The molecule has 4 atom stereocenters. The van der Waals surface area contributed by atoms with Gasteiger partial charge in [-0.1, -0.05) is 81.7 Å². The van der Waals surface area contributed by atoms with Crippen LogP contribution in [0.3, 0.4) is 0 Å². The number of unbranched alkanes of at least 4 members (excludes halogenated alkanes) is 5. The van der Waals surface area contributed by atoms with E-state index in [0.29, 0.717) is 97.9 Å². The summed E-state index contributed by atoms with van der Waals surface area (Å²) in [5.41, 5.74) is 7.82. The van der Waals surface area contributed by atoms with Gasteiger partial charge in [0.2, 0.25) is 11.8 Å². The molecule has 0 aromatic heterocycles. The fourth-order valence-corrected chi connectivity index (χ4v) is 10.5. The van der Waals surface area contributed by atoms with Gasteiger partial charge in [0.15, 0.2) is 18.1 Å². The molecule has 0 saturated carbocycles. The summed E-state index contributed by atoms with van der Waals surface area (Å²) in [4.78, 5) is 83.6. The van der Waals surface area contributed by atoms with Crippen molar-refractivity contribution in [2.75, 3.05) is 45.8 Å². The van der Waals surface area contributed by atoms with Crippen LogP contribution in [0.25, 0.3) is 0 Å². The zero-order valence-electron chi connectivity index (χ0n) is 44.6. The number of anilines is 1. The summed E-state index contributed by atoms with van der Waals surface area (Å²) in [7, 11) is 3.18. The van der Waals surface area contributed by atoms with Crippen LogP contribution in [0.4, 0.5) is 5.69 Å². The molecule has 2 unspecified atom stereocenters. The molecule has 4 aromatic rings. The lowest BCUT2D eigenvalue weighted by Crippen LogP contribution is -2.51. The number of aryl methyl sites for hydroxylation is 4. The highest BCUT2D eigenvalue weighted by Gasteiger charge is 2.45. The average molecular weight is 1030 g/mol. The molecule has 0 bridgehead atoms. The maximum atomic E-state index is 14.4. The highest BCUT2D eigenvalue weighted by Crippen LogP contribution is 2.38. The van der Waals surface area contributed by atoms with E-state index in [-0.39, 0.29) is 24.3 Å². The van der Waals surface area contributed by atoms with Crippen molar-refractivity contribution in [1.29, 1.82) is 0 Å². The van der Waals surface area contributed by atoms with Crippen LogP contribution >= 0.6 is 0 Å². The van der Waals surface area contributed by atoms with Gasteiger partial charge in [-0.3, -0.25) is 28.9 Å². The first-order valence-electron chi connectivity index (χ1n) is 26.7. The van der Waals surface area contributed by atoms with Gasteiger partial charge in [-0.05, 0) is 149 Å². The summed E-state index contributed by atoms with van der Waals surface area (Å²) in [6, 6.07) is 21.1. The number of benzene rings is 4. The van der Waals surface area contributed by atoms with Crippen LogP contribution in [-0.4, -0.2) is 97.8 Å². The van der Waals surface area contributed by atoms with Crippen molar-refractivity contribution in [3.8, 4) is 17.2 Å². The van der Waals surface area contributed by atoms with E-state index < -0.39 is 41.9 Å². The predicted octanol–water partition coefficient (Wildman–Crippen LogP) is 9.76. The van der Waals surface area contributed by atoms with Crippen LogP contribution < -0.4 is 30.2 Å². The molecule has 0 radical (unpaired) electrons. The second-order valence-corrected chi connectivity index (χ2v) is 20.1. The molecule has 15 nitrogen and oxygen atoms in total. The van der Waals surface area contributed by atoms with Gasteiger partial charge in [-0.2, -0.15) is 0 Å². The van der Waals surface area contributed by atoms with E-state index in [1.54, 1.807) is 49.5 Å².